The van der Waals surface area contributed by atoms with Crippen LogP contribution in [0.15, 0.2) is 84.9 Å². The average Bonchev–Trinajstić information content (AvgIpc) is 3.49. The average molecular weight is 514 g/mol. The number of carbonyl (C=O) groups is 2. The van der Waals surface area contributed by atoms with Gasteiger partial charge in [-0.1, -0.05) is 48.5 Å². The minimum absolute atomic E-state index is 0.0228. The summed E-state index contributed by atoms with van der Waals surface area (Å²) in [5, 5.41) is 11.0. The van der Waals surface area contributed by atoms with Crippen molar-refractivity contribution < 1.29 is 19.2 Å². The van der Waals surface area contributed by atoms with E-state index < -0.39 is 11.0 Å². The number of amides is 2. The van der Waals surface area contributed by atoms with Crippen LogP contribution in [0.2, 0.25) is 0 Å². The third kappa shape index (κ3) is 6.64. The maximum absolute atomic E-state index is 13.8. The number of methoxy groups -OCH3 is 1. The summed E-state index contributed by atoms with van der Waals surface area (Å²) in [7, 11) is 1.58. The highest BCUT2D eigenvalue weighted by atomic mass is 16.6. The van der Waals surface area contributed by atoms with Gasteiger partial charge in [-0.2, -0.15) is 0 Å². The number of hydrogen-bond donors (Lipinski definition) is 0. The van der Waals surface area contributed by atoms with Crippen molar-refractivity contribution in [2.45, 2.75) is 31.8 Å². The number of nitro benzene ring substituents is 1. The molecule has 0 N–H and O–H groups in total. The number of rotatable bonds is 10. The van der Waals surface area contributed by atoms with Gasteiger partial charge in [0.1, 0.15) is 11.8 Å². The van der Waals surface area contributed by atoms with Gasteiger partial charge in [0, 0.05) is 43.3 Å². The van der Waals surface area contributed by atoms with Crippen LogP contribution in [0.3, 0.4) is 0 Å². The van der Waals surface area contributed by atoms with Crippen molar-refractivity contribution in [3.05, 3.63) is 112 Å². The third-order valence-corrected chi connectivity index (χ3v) is 6.69. The van der Waals surface area contributed by atoms with Crippen molar-refractivity contribution in [1.82, 2.24) is 9.80 Å². The predicted octanol–water partition coefficient (Wildman–Crippen LogP) is 4.88. The molecular formula is C30H31N3O5. The second-order valence-electron chi connectivity index (χ2n) is 9.20. The first-order valence-electron chi connectivity index (χ1n) is 12.6. The van der Waals surface area contributed by atoms with E-state index in [0.717, 1.165) is 24.0 Å². The maximum atomic E-state index is 13.8. The summed E-state index contributed by atoms with van der Waals surface area (Å²) in [6, 6.07) is 22.4. The number of hydrogen-bond acceptors (Lipinski definition) is 5. The summed E-state index contributed by atoms with van der Waals surface area (Å²) < 4.78 is 5.54. The van der Waals surface area contributed by atoms with Crippen LogP contribution in [-0.4, -0.2) is 52.8 Å². The Bertz CT molecular complexity index is 1280. The van der Waals surface area contributed by atoms with E-state index in [1.54, 1.807) is 30.2 Å². The Morgan fingerprint density at radius 1 is 1.00 bits per heavy atom. The van der Waals surface area contributed by atoms with Gasteiger partial charge in [0.05, 0.1) is 18.6 Å². The number of carbonyl (C=O) groups excluding carboxylic acids is 2. The van der Waals surface area contributed by atoms with Gasteiger partial charge < -0.3 is 14.5 Å². The molecule has 1 unspecified atom stereocenters. The summed E-state index contributed by atoms with van der Waals surface area (Å²) >= 11 is 0. The molecule has 196 valence electrons. The van der Waals surface area contributed by atoms with Crippen LogP contribution >= 0.6 is 0 Å². The zero-order valence-electron chi connectivity index (χ0n) is 21.4. The van der Waals surface area contributed by atoms with Crippen LogP contribution < -0.4 is 4.74 Å². The molecule has 1 fully saturated rings. The van der Waals surface area contributed by atoms with Crippen molar-refractivity contribution in [3.63, 3.8) is 0 Å². The maximum Gasteiger partial charge on any atom is 0.269 e. The monoisotopic (exact) mass is 513 g/mol. The molecule has 0 spiro atoms. The standard InChI is InChI=1S/C30H31N3O5/c1-38-28-12-6-5-11-25(28)22-32(29(34)18-15-23-13-16-26(17-14-23)33(36)37)27(21-24-9-3-2-4-10-24)30(35)31-19-7-8-20-31/h2-6,9-18,27H,7-8,19-22H2,1H3. The molecule has 0 aliphatic carbocycles. The molecule has 4 rings (SSSR count). The number of non-ortho nitro benzene ring substituents is 1. The Balaban J connectivity index is 1.69. The van der Waals surface area contributed by atoms with Crippen molar-refractivity contribution >= 4 is 23.6 Å². The van der Waals surface area contributed by atoms with Crippen LogP contribution in [0, 0.1) is 10.1 Å². The van der Waals surface area contributed by atoms with E-state index in [9.17, 15) is 19.7 Å². The molecular weight excluding hydrogens is 482 g/mol. The van der Waals surface area contributed by atoms with E-state index in [4.69, 9.17) is 4.74 Å². The normalized spacial score (nSPS) is 13.9. The van der Waals surface area contributed by atoms with E-state index in [0.29, 0.717) is 30.8 Å². The molecule has 38 heavy (non-hydrogen) atoms. The summed E-state index contributed by atoms with van der Waals surface area (Å²) in [5.41, 5.74) is 2.37. The molecule has 3 aromatic rings. The molecule has 1 saturated heterocycles. The van der Waals surface area contributed by atoms with Crippen LogP contribution in [0.25, 0.3) is 6.08 Å². The SMILES string of the molecule is COc1ccccc1CN(C(=O)C=Cc1ccc([N+](=O)[O-])cc1)C(Cc1ccccc1)C(=O)N1CCCC1. The molecule has 0 aromatic heterocycles. The lowest BCUT2D eigenvalue weighted by Crippen LogP contribution is -2.50. The minimum atomic E-state index is -0.713. The Labute approximate surface area is 222 Å². The lowest BCUT2D eigenvalue weighted by Gasteiger charge is -2.33. The molecule has 8 heteroatoms. The Morgan fingerprint density at radius 2 is 1.66 bits per heavy atom. The van der Waals surface area contributed by atoms with Crippen molar-refractivity contribution in [3.8, 4) is 5.75 Å². The lowest BCUT2D eigenvalue weighted by atomic mass is 10.0. The number of likely N-dealkylation sites (tertiary alicyclic amines) is 1. The Morgan fingerprint density at radius 3 is 2.32 bits per heavy atom. The molecule has 3 aromatic carbocycles. The van der Waals surface area contributed by atoms with Gasteiger partial charge in [-0.3, -0.25) is 19.7 Å². The fourth-order valence-corrected chi connectivity index (χ4v) is 4.65. The first kappa shape index (κ1) is 26.6. The molecule has 1 aliphatic heterocycles. The Kier molecular flexibility index (Phi) is 8.87. The number of para-hydroxylation sites is 1. The number of benzene rings is 3. The lowest BCUT2D eigenvalue weighted by molar-refractivity contribution is -0.384. The number of nitro groups is 1. The third-order valence-electron chi connectivity index (χ3n) is 6.69. The van der Waals surface area contributed by atoms with Crippen molar-refractivity contribution in [2.24, 2.45) is 0 Å². The van der Waals surface area contributed by atoms with E-state index in [1.807, 2.05) is 59.5 Å². The second-order valence-corrected chi connectivity index (χ2v) is 9.20. The highest BCUT2D eigenvalue weighted by molar-refractivity contribution is 5.96. The van der Waals surface area contributed by atoms with E-state index >= 15 is 0 Å². The summed E-state index contributed by atoms with van der Waals surface area (Å²) in [5.74, 6) is 0.234. The van der Waals surface area contributed by atoms with E-state index in [-0.39, 0.29) is 24.0 Å². The van der Waals surface area contributed by atoms with Crippen LogP contribution in [0.4, 0.5) is 5.69 Å². The second kappa shape index (κ2) is 12.7. The van der Waals surface area contributed by atoms with Gasteiger partial charge >= 0.3 is 0 Å². The fraction of sp³-hybridized carbons (Fsp3) is 0.267. The van der Waals surface area contributed by atoms with Gasteiger partial charge in [0.2, 0.25) is 11.8 Å². The smallest absolute Gasteiger partial charge is 0.269 e. The summed E-state index contributed by atoms with van der Waals surface area (Å²) in [6.45, 7) is 1.55. The summed E-state index contributed by atoms with van der Waals surface area (Å²) in [6.07, 6.45) is 5.31. The first-order chi connectivity index (χ1) is 18.5. The van der Waals surface area contributed by atoms with Crippen LogP contribution in [-0.2, 0) is 22.6 Å². The quantitative estimate of drug-likeness (QED) is 0.219. The van der Waals surface area contributed by atoms with Gasteiger partial charge in [0.25, 0.3) is 5.69 Å². The fourth-order valence-electron chi connectivity index (χ4n) is 4.65. The van der Waals surface area contributed by atoms with Crippen LogP contribution in [0.1, 0.15) is 29.5 Å². The molecule has 0 saturated carbocycles. The predicted molar refractivity (Wildman–Crippen MR) is 145 cm³/mol. The molecule has 0 bridgehead atoms. The van der Waals surface area contributed by atoms with Gasteiger partial charge in [-0.25, -0.2) is 0 Å². The molecule has 1 heterocycles. The van der Waals surface area contributed by atoms with Gasteiger partial charge in [-0.05, 0) is 48.2 Å². The van der Waals surface area contributed by atoms with Gasteiger partial charge in [0.15, 0.2) is 0 Å². The number of nitrogens with zero attached hydrogens (tertiary/aromatic N) is 3. The minimum Gasteiger partial charge on any atom is -0.496 e. The highest BCUT2D eigenvalue weighted by Crippen LogP contribution is 2.24. The molecule has 0 radical (unpaired) electrons. The summed E-state index contributed by atoms with van der Waals surface area (Å²) in [4.78, 5) is 41.5. The van der Waals surface area contributed by atoms with Crippen LogP contribution in [0.5, 0.6) is 5.75 Å². The Hall–Kier alpha value is -4.46. The first-order valence-corrected chi connectivity index (χ1v) is 12.6. The highest BCUT2D eigenvalue weighted by Gasteiger charge is 2.34. The zero-order chi connectivity index (χ0) is 26.9. The van der Waals surface area contributed by atoms with Crippen molar-refractivity contribution in [1.29, 1.82) is 0 Å². The largest absolute Gasteiger partial charge is 0.496 e. The molecule has 1 aliphatic rings. The van der Waals surface area contributed by atoms with Crippen molar-refractivity contribution in [2.75, 3.05) is 20.2 Å². The zero-order valence-corrected chi connectivity index (χ0v) is 21.4. The van der Waals surface area contributed by atoms with Gasteiger partial charge in [-0.15, -0.1) is 0 Å². The van der Waals surface area contributed by atoms with E-state index in [2.05, 4.69) is 0 Å². The molecule has 2 amide bonds. The number of ether oxygens (including phenoxy) is 1. The molecule has 1 atom stereocenters. The topological polar surface area (TPSA) is 93.0 Å². The molecule has 8 nitrogen and oxygen atoms in total. The van der Waals surface area contributed by atoms with E-state index in [1.165, 1.54) is 18.2 Å².